The summed E-state index contributed by atoms with van der Waals surface area (Å²) in [6.07, 6.45) is 5.69. The lowest BCUT2D eigenvalue weighted by atomic mass is 9.82. The summed E-state index contributed by atoms with van der Waals surface area (Å²) in [5.41, 5.74) is 1.51. The maximum absolute atomic E-state index is 11.9. The molecule has 4 rings (SSSR count). The lowest BCUT2D eigenvalue weighted by Gasteiger charge is -2.53. The number of hydrogen-bond donors (Lipinski definition) is 1. The Kier molecular flexibility index (Phi) is 4.67. The summed E-state index contributed by atoms with van der Waals surface area (Å²) in [4.78, 5) is 15.9. The van der Waals surface area contributed by atoms with Gasteiger partial charge in [-0.15, -0.1) is 11.3 Å². The van der Waals surface area contributed by atoms with Crippen LogP contribution in [0.3, 0.4) is 0 Å². The first-order valence-electron chi connectivity index (χ1n) is 9.31. The van der Waals surface area contributed by atoms with Crippen LogP contribution in [0.4, 0.5) is 0 Å². The molecule has 2 aliphatic heterocycles. The number of amides is 1. The molecule has 2 saturated heterocycles. The zero-order valence-electron chi connectivity index (χ0n) is 14.6. The Hall–Kier alpha value is -0.910. The van der Waals surface area contributed by atoms with E-state index in [-0.39, 0.29) is 11.5 Å². The van der Waals surface area contributed by atoms with Crippen LogP contribution in [0.2, 0.25) is 0 Å². The smallest absolute Gasteiger partial charge is 0.223 e. The van der Waals surface area contributed by atoms with Gasteiger partial charge in [0.1, 0.15) is 0 Å². The van der Waals surface area contributed by atoms with Crippen molar-refractivity contribution >= 4 is 17.2 Å². The predicted molar refractivity (Wildman–Crippen MR) is 96.1 cm³/mol. The molecule has 1 spiro atoms. The lowest BCUT2D eigenvalue weighted by molar-refractivity contribution is -0.181. The van der Waals surface area contributed by atoms with Gasteiger partial charge in [0.2, 0.25) is 5.91 Å². The Bertz CT molecular complexity index is 580. The maximum Gasteiger partial charge on any atom is 0.223 e. The minimum absolute atomic E-state index is 0.0969. The zero-order valence-corrected chi connectivity index (χ0v) is 15.4. The highest BCUT2D eigenvalue weighted by Gasteiger charge is 2.46. The molecule has 24 heavy (non-hydrogen) atoms. The van der Waals surface area contributed by atoms with Gasteiger partial charge in [0.05, 0.1) is 12.2 Å². The summed E-state index contributed by atoms with van der Waals surface area (Å²) in [5, 5.41) is 5.31. The van der Waals surface area contributed by atoms with Crippen molar-refractivity contribution < 1.29 is 9.53 Å². The molecule has 1 atom stereocenters. The van der Waals surface area contributed by atoms with Crippen molar-refractivity contribution in [3.63, 3.8) is 0 Å². The van der Waals surface area contributed by atoms with Crippen LogP contribution in [0, 0.1) is 18.8 Å². The first-order valence-corrected chi connectivity index (χ1v) is 10.2. The molecular formula is C19H28N2O2S. The van der Waals surface area contributed by atoms with E-state index in [1.807, 2.05) is 11.3 Å². The number of likely N-dealkylation sites (tertiary alicyclic amines) is 1. The number of carbonyl (C=O) groups is 1. The van der Waals surface area contributed by atoms with Gasteiger partial charge >= 0.3 is 0 Å². The highest BCUT2D eigenvalue weighted by molar-refractivity contribution is 7.10. The van der Waals surface area contributed by atoms with Gasteiger partial charge < -0.3 is 10.1 Å². The molecule has 1 N–H and O–H groups in total. The van der Waals surface area contributed by atoms with Gasteiger partial charge in [-0.25, -0.2) is 0 Å². The molecular weight excluding hydrogens is 320 g/mol. The first-order chi connectivity index (χ1) is 11.6. The standard InChI is InChI=1S/C19H28N2O2S/c1-14-6-8-24-17(14)10-21-12-19(13-21)7-5-15(11-23-19)9-20-18(22)16-3-2-4-16/h6,8,15-16H,2-5,7,9-13H2,1H3,(H,20,22)/t15-/m1/s1. The van der Waals surface area contributed by atoms with Crippen LogP contribution in [0.5, 0.6) is 0 Å². The van der Waals surface area contributed by atoms with Crippen molar-refractivity contribution in [3.8, 4) is 0 Å². The van der Waals surface area contributed by atoms with E-state index in [1.54, 1.807) is 0 Å². The molecule has 3 heterocycles. The summed E-state index contributed by atoms with van der Waals surface area (Å²) < 4.78 is 6.24. The Labute approximate surface area is 148 Å². The van der Waals surface area contributed by atoms with Gasteiger partial charge in [-0.05, 0) is 55.5 Å². The van der Waals surface area contributed by atoms with Crippen molar-refractivity contribution in [3.05, 3.63) is 21.9 Å². The minimum atomic E-state index is 0.0969. The second-order valence-electron chi connectivity index (χ2n) is 7.94. The second-order valence-corrected chi connectivity index (χ2v) is 8.94. The summed E-state index contributed by atoms with van der Waals surface area (Å²) in [6, 6.07) is 2.20. The first kappa shape index (κ1) is 16.6. The SMILES string of the molecule is Cc1ccsc1CN1CC2(CC[C@H](CNC(=O)C3CCC3)CO2)C1. The van der Waals surface area contributed by atoms with Crippen LogP contribution in [0.15, 0.2) is 11.4 Å². The third-order valence-corrected chi connectivity index (χ3v) is 7.04. The molecule has 4 nitrogen and oxygen atoms in total. The Morgan fingerprint density at radius 1 is 1.42 bits per heavy atom. The largest absolute Gasteiger partial charge is 0.372 e. The normalized spacial score (nSPS) is 26.8. The summed E-state index contributed by atoms with van der Waals surface area (Å²) in [7, 11) is 0. The minimum Gasteiger partial charge on any atom is -0.372 e. The average molecular weight is 349 g/mol. The number of rotatable bonds is 5. The fourth-order valence-electron chi connectivity index (χ4n) is 4.04. The number of aryl methyl sites for hydroxylation is 1. The Balaban J connectivity index is 1.17. The van der Waals surface area contributed by atoms with Crippen LogP contribution in [-0.2, 0) is 16.1 Å². The van der Waals surface area contributed by atoms with E-state index in [2.05, 4.69) is 28.6 Å². The second kappa shape index (κ2) is 6.77. The molecule has 1 aromatic rings. The number of thiophene rings is 1. The number of nitrogens with one attached hydrogen (secondary N) is 1. The van der Waals surface area contributed by atoms with Gasteiger partial charge in [0, 0.05) is 37.0 Å². The van der Waals surface area contributed by atoms with E-state index in [1.165, 1.54) is 23.3 Å². The van der Waals surface area contributed by atoms with Gasteiger partial charge in [0.25, 0.3) is 0 Å². The topological polar surface area (TPSA) is 41.6 Å². The van der Waals surface area contributed by atoms with E-state index in [4.69, 9.17) is 4.74 Å². The quantitative estimate of drug-likeness (QED) is 0.889. The van der Waals surface area contributed by atoms with Crippen LogP contribution >= 0.6 is 11.3 Å². The predicted octanol–water partition coefficient (Wildman–Crippen LogP) is 2.95. The van der Waals surface area contributed by atoms with Crippen molar-refractivity contribution in [2.45, 2.75) is 51.2 Å². The van der Waals surface area contributed by atoms with E-state index < -0.39 is 0 Å². The lowest BCUT2D eigenvalue weighted by Crippen LogP contribution is -2.64. The number of hydrogen-bond acceptors (Lipinski definition) is 4. The molecule has 132 valence electrons. The van der Waals surface area contributed by atoms with Gasteiger partial charge in [0.15, 0.2) is 0 Å². The third-order valence-electron chi connectivity index (χ3n) is 6.03. The molecule has 0 radical (unpaired) electrons. The fraction of sp³-hybridized carbons (Fsp3) is 0.737. The number of carbonyl (C=O) groups excluding carboxylic acids is 1. The molecule has 3 aliphatic rings. The molecule has 1 saturated carbocycles. The number of nitrogens with zero attached hydrogens (tertiary/aromatic N) is 1. The highest BCUT2D eigenvalue weighted by atomic mass is 32.1. The van der Waals surface area contributed by atoms with E-state index in [9.17, 15) is 4.79 Å². The molecule has 0 aromatic carbocycles. The van der Waals surface area contributed by atoms with Gasteiger partial charge in [-0.2, -0.15) is 0 Å². The fourth-order valence-corrected chi connectivity index (χ4v) is 4.98. The highest BCUT2D eigenvalue weighted by Crippen LogP contribution is 2.37. The molecule has 1 aromatic heterocycles. The monoisotopic (exact) mass is 348 g/mol. The van der Waals surface area contributed by atoms with Crippen molar-refractivity contribution in [2.75, 3.05) is 26.2 Å². The van der Waals surface area contributed by atoms with Crippen molar-refractivity contribution in [1.82, 2.24) is 10.2 Å². The summed E-state index contributed by atoms with van der Waals surface area (Å²) in [5.74, 6) is 1.05. The summed E-state index contributed by atoms with van der Waals surface area (Å²) in [6.45, 7) is 6.98. The third kappa shape index (κ3) is 3.39. The Morgan fingerprint density at radius 3 is 2.83 bits per heavy atom. The van der Waals surface area contributed by atoms with Crippen molar-refractivity contribution in [2.24, 2.45) is 11.8 Å². The zero-order chi connectivity index (χ0) is 16.6. The van der Waals surface area contributed by atoms with Gasteiger partial charge in [-0.1, -0.05) is 6.42 Å². The molecule has 1 amide bonds. The Morgan fingerprint density at radius 2 is 2.25 bits per heavy atom. The summed E-state index contributed by atoms with van der Waals surface area (Å²) >= 11 is 1.86. The number of ether oxygens (including phenoxy) is 1. The van der Waals surface area contributed by atoms with E-state index in [0.717, 1.165) is 52.0 Å². The molecule has 5 heteroatoms. The molecule has 0 bridgehead atoms. The van der Waals surface area contributed by atoms with Crippen LogP contribution in [-0.4, -0.2) is 42.6 Å². The molecule has 1 aliphatic carbocycles. The van der Waals surface area contributed by atoms with Gasteiger partial charge in [-0.3, -0.25) is 9.69 Å². The van der Waals surface area contributed by atoms with E-state index in [0.29, 0.717) is 11.8 Å². The van der Waals surface area contributed by atoms with Crippen molar-refractivity contribution in [1.29, 1.82) is 0 Å². The maximum atomic E-state index is 11.9. The van der Waals surface area contributed by atoms with Crippen LogP contribution in [0.1, 0.15) is 42.5 Å². The van der Waals surface area contributed by atoms with E-state index >= 15 is 0 Å². The molecule has 0 unspecified atom stereocenters. The molecule has 3 fully saturated rings. The van der Waals surface area contributed by atoms with Crippen LogP contribution in [0.25, 0.3) is 0 Å². The van der Waals surface area contributed by atoms with Crippen LogP contribution < -0.4 is 5.32 Å². The average Bonchev–Trinajstić information content (AvgIpc) is 2.88.